The van der Waals surface area contributed by atoms with Crippen molar-refractivity contribution in [2.24, 2.45) is 0 Å². The summed E-state index contributed by atoms with van der Waals surface area (Å²) in [6.07, 6.45) is 3.20. The minimum atomic E-state index is -0.769. The number of β-lactam (4-membered cyclic amide) rings is 1. The minimum absolute atomic E-state index is 0.163. The number of carbonyl (C=O) groups is 3. The number of rotatable bonds is 8. The van der Waals surface area contributed by atoms with E-state index in [1.165, 1.54) is 6.08 Å². The highest BCUT2D eigenvalue weighted by Gasteiger charge is 2.47. The van der Waals surface area contributed by atoms with Crippen LogP contribution in [0.4, 0.5) is 5.69 Å². The van der Waals surface area contributed by atoms with E-state index in [1.54, 1.807) is 42.4 Å². The second-order valence-electron chi connectivity index (χ2n) is 8.78. The molecule has 182 valence electrons. The van der Waals surface area contributed by atoms with Crippen molar-refractivity contribution in [1.82, 2.24) is 5.32 Å². The molecule has 3 aromatic rings. The predicted octanol–water partition coefficient (Wildman–Crippen LogP) is 3.27. The van der Waals surface area contributed by atoms with E-state index in [0.29, 0.717) is 23.6 Å². The van der Waals surface area contributed by atoms with Gasteiger partial charge in [0.05, 0.1) is 19.6 Å². The van der Waals surface area contributed by atoms with Gasteiger partial charge in [-0.2, -0.15) is 0 Å². The van der Waals surface area contributed by atoms with Gasteiger partial charge in [-0.25, -0.2) is 0 Å². The first-order valence-corrected chi connectivity index (χ1v) is 11.8. The number of fused-ring (bicyclic) bond motifs is 1. The smallest absolute Gasteiger partial charge is 0.252 e. The van der Waals surface area contributed by atoms with Crippen LogP contribution in [0.15, 0.2) is 91.0 Å². The molecule has 3 aromatic carbocycles. The predicted molar refractivity (Wildman–Crippen MR) is 135 cm³/mol. The van der Waals surface area contributed by atoms with Gasteiger partial charge in [-0.05, 0) is 47.5 Å². The molecule has 36 heavy (non-hydrogen) atoms. The van der Waals surface area contributed by atoms with E-state index in [2.05, 4.69) is 5.32 Å². The zero-order valence-electron chi connectivity index (χ0n) is 19.8. The monoisotopic (exact) mass is 482 g/mol. The molecule has 2 aliphatic heterocycles. The van der Waals surface area contributed by atoms with Gasteiger partial charge in [-0.1, -0.05) is 54.6 Å². The molecule has 2 heterocycles. The molecular weight excluding hydrogens is 456 g/mol. The van der Waals surface area contributed by atoms with Crippen molar-refractivity contribution in [3.63, 3.8) is 0 Å². The normalized spacial score (nSPS) is 20.4. The molecule has 1 fully saturated rings. The van der Waals surface area contributed by atoms with Gasteiger partial charge in [0.25, 0.3) is 5.91 Å². The minimum Gasteiger partial charge on any atom is -0.497 e. The number of methoxy groups -OCH3 is 1. The third-order valence-electron chi connectivity index (χ3n) is 6.44. The summed E-state index contributed by atoms with van der Waals surface area (Å²) in [6, 6.07) is 22.7. The number of carbonyl (C=O) groups excluding carboxylic acids is 3. The summed E-state index contributed by atoms with van der Waals surface area (Å²) in [5.41, 5.74) is 2.50. The Hall–Kier alpha value is -4.39. The maximum Gasteiger partial charge on any atom is 0.252 e. The fourth-order valence-electron chi connectivity index (χ4n) is 4.54. The lowest BCUT2D eigenvalue weighted by Crippen LogP contribution is -2.70. The van der Waals surface area contributed by atoms with E-state index >= 15 is 0 Å². The van der Waals surface area contributed by atoms with Gasteiger partial charge < -0.3 is 19.7 Å². The summed E-state index contributed by atoms with van der Waals surface area (Å²) in [6.45, 7) is 0. The molecule has 0 aromatic heterocycles. The molecule has 7 heteroatoms. The molecule has 0 spiro atoms. The average Bonchev–Trinajstić information content (AvgIpc) is 3.35. The number of hydrogen-bond acceptors (Lipinski definition) is 5. The fraction of sp³-hybridized carbons (Fsp3) is 0.207. The van der Waals surface area contributed by atoms with Crippen LogP contribution in [0.5, 0.6) is 11.5 Å². The Morgan fingerprint density at radius 2 is 1.75 bits per heavy atom. The Morgan fingerprint density at radius 3 is 2.47 bits per heavy atom. The number of para-hydroxylation sites is 1. The quantitative estimate of drug-likeness (QED) is 0.394. The first kappa shape index (κ1) is 23.4. The van der Waals surface area contributed by atoms with Gasteiger partial charge in [0, 0.05) is 12.1 Å². The van der Waals surface area contributed by atoms with Crippen molar-refractivity contribution in [2.75, 3.05) is 12.0 Å². The Morgan fingerprint density at radius 1 is 1.03 bits per heavy atom. The molecule has 2 aliphatic rings. The number of anilines is 1. The lowest BCUT2D eigenvalue weighted by molar-refractivity contribution is -0.131. The summed E-state index contributed by atoms with van der Waals surface area (Å²) in [4.78, 5) is 40.3. The lowest BCUT2D eigenvalue weighted by atomic mass is 9.92. The maximum absolute atomic E-state index is 13.1. The number of nitrogens with zero attached hydrogens (tertiary/aromatic N) is 1. The first-order valence-electron chi connectivity index (χ1n) is 11.8. The Labute approximate surface area is 209 Å². The van der Waals surface area contributed by atoms with Crippen LogP contribution in [0.3, 0.4) is 0 Å². The number of amides is 2. The third kappa shape index (κ3) is 4.73. The zero-order chi connectivity index (χ0) is 25.1. The number of hydrogen-bond donors (Lipinski definition) is 1. The summed E-state index contributed by atoms with van der Waals surface area (Å²) in [5.74, 6) is 0.699. The fourth-order valence-corrected chi connectivity index (χ4v) is 4.54. The second kappa shape index (κ2) is 10.1. The van der Waals surface area contributed by atoms with Crippen molar-refractivity contribution >= 4 is 23.3 Å². The summed E-state index contributed by atoms with van der Waals surface area (Å²) < 4.78 is 11.0. The van der Waals surface area contributed by atoms with Crippen LogP contribution in [0.2, 0.25) is 0 Å². The topological polar surface area (TPSA) is 84.9 Å². The molecule has 1 N–H and O–H groups in total. The van der Waals surface area contributed by atoms with E-state index in [0.717, 1.165) is 11.1 Å². The highest BCUT2D eigenvalue weighted by atomic mass is 16.5. The highest BCUT2D eigenvalue weighted by molar-refractivity contribution is 6.08. The third-order valence-corrected chi connectivity index (χ3v) is 6.44. The van der Waals surface area contributed by atoms with Crippen molar-refractivity contribution in [3.8, 4) is 11.5 Å². The first-order chi connectivity index (χ1) is 17.5. The number of ketones is 1. The van der Waals surface area contributed by atoms with Crippen LogP contribution in [0.25, 0.3) is 0 Å². The largest absolute Gasteiger partial charge is 0.497 e. The second-order valence-corrected chi connectivity index (χ2v) is 8.78. The summed E-state index contributed by atoms with van der Waals surface area (Å²) in [5, 5.41) is 2.85. The van der Waals surface area contributed by atoms with Crippen LogP contribution in [0, 0.1) is 0 Å². The SMILES string of the molecule is COc1ccc(N2C(=O)C(NC(=O)Cc3ccccc3)C2C=CC(=O)C2Cc3ccccc3O2)cc1. The molecule has 1 saturated heterocycles. The molecule has 0 aliphatic carbocycles. The van der Waals surface area contributed by atoms with Gasteiger partial charge in [-0.15, -0.1) is 0 Å². The van der Waals surface area contributed by atoms with E-state index in [1.807, 2.05) is 54.6 Å². The average molecular weight is 483 g/mol. The van der Waals surface area contributed by atoms with Gasteiger partial charge in [-0.3, -0.25) is 14.4 Å². The maximum atomic E-state index is 13.1. The summed E-state index contributed by atoms with van der Waals surface area (Å²) in [7, 11) is 1.57. The van der Waals surface area contributed by atoms with Gasteiger partial charge in [0.2, 0.25) is 5.91 Å². The number of benzene rings is 3. The van der Waals surface area contributed by atoms with Crippen molar-refractivity contribution in [1.29, 1.82) is 0 Å². The van der Waals surface area contributed by atoms with Gasteiger partial charge >= 0.3 is 0 Å². The zero-order valence-corrected chi connectivity index (χ0v) is 19.8. The van der Waals surface area contributed by atoms with E-state index in [9.17, 15) is 14.4 Å². The van der Waals surface area contributed by atoms with Crippen molar-refractivity contribution in [3.05, 3.63) is 102 Å². The molecule has 5 rings (SSSR count). The molecule has 0 bridgehead atoms. The molecule has 0 saturated carbocycles. The molecule has 2 amide bonds. The Balaban J connectivity index is 1.32. The molecular formula is C29H26N2O5. The van der Waals surface area contributed by atoms with E-state index in [-0.39, 0.29) is 24.0 Å². The standard InChI is InChI=1S/C29H26N2O5/c1-35-22-13-11-21(12-14-22)31-23(15-16-24(32)26-18-20-9-5-6-10-25(20)36-26)28(29(31)34)30-27(33)17-19-7-3-2-4-8-19/h2-16,23,26,28H,17-18H2,1H3,(H,30,33). The van der Waals surface area contributed by atoms with Crippen molar-refractivity contribution < 1.29 is 23.9 Å². The van der Waals surface area contributed by atoms with E-state index in [4.69, 9.17) is 9.47 Å². The van der Waals surface area contributed by atoms with E-state index < -0.39 is 18.2 Å². The van der Waals surface area contributed by atoms with Crippen LogP contribution < -0.4 is 19.7 Å². The lowest BCUT2D eigenvalue weighted by Gasteiger charge is -2.45. The van der Waals surface area contributed by atoms with Gasteiger partial charge in [0.1, 0.15) is 17.5 Å². The molecule has 0 radical (unpaired) electrons. The van der Waals surface area contributed by atoms with Crippen LogP contribution in [-0.2, 0) is 27.2 Å². The Kier molecular flexibility index (Phi) is 6.54. The van der Waals surface area contributed by atoms with Crippen LogP contribution in [0.1, 0.15) is 11.1 Å². The van der Waals surface area contributed by atoms with Crippen LogP contribution in [-0.4, -0.2) is 42.9 Å². The summed E-state index contributed by atoms with van der Waals surface area (Å²) >= 11 is 0. The molecule has 3 unspecified atom stereocenters. The number of ether oxygens (including phenoxy) is 2. The van der Waals surface area contributed by atoms with Gasteiger partial charge in [0.15, 0.2) is 11.9 Å². The molecule has 7 nitrogen and oxygen atoms in total. The van der Waals surface area contributed by atoms with Crippen LogP contribution >= 0.6 is 0 Å². The molecule has 3 atom stereocenters. The number of nitrogens with one attached hydrogen (secondary N) is 1. The highest BCUT2D eigenvalue weighted by Crippen LogP contribution is 2.32. The Bertz CT molecular complexity index is 1280. The van der Waals surface area contributed by atoms with Crippen molar-refractivity contribution in [2.45, 2.75) is 31.0 Å².